The van der Waals surface area contributed by atoms with E-state index in [2.05, 4.69) is 166 Å². The highest BCUT2D eigenvalue weighted by Gasteiger charge is 2.57. The third-order valence-electron chi connectivity index (χ3n) is 12.0. The summed E-state index contributed by atoms with van der Waals surface area (Å²) in [5.74, 6) is 3.59. The second-order valence-corrected chi connectivity index (χ2v) is 24.5. The van der Waals surface area contributed by atoms with Gasteiger partial charge in [-0.15, -0.1) is 0 Å². The van der Waals surface area contributed by atoms with E-state index < -0.39 is 8.88 Å². The van der Waals surface area contributed by atoms with Crippen LogP contribution in [-0.4, -0.2) is 182 Å². The number of benzene rings is 4. The summed E-state index contributed by atoms with van der Waals surface area (Å²) in [7, 11) is 22.3. The van der Waals surface area contributed by atoms with Gasteiger partial charge in [0.05, 0.1) is 84.6 Å². The molecule has 0 radical (unpaired) electrons. The molecule has 0 unspecified atom stereocenters. The fourth-order valence-corrected chi connectivity index (χ4v) is 13.4. The molecule has 6 heterocycles. The zero-order chi connectivity index (χ0) is 45.8. The molecule has 10 rings (SSSR count). The first-order chi connectivity index (χ1) is 30.6. The van der Waals surface area contributed by atoms with Crippen molar-refractivity contribution >= 4 is 65.4 Å². The monoisotopic (exact) mass is 890 g/mol. The van der Waals surface area contributed by atoms with Crippen LogP contribution in [-0.2, 0) is 8.85 Å². The van der Waals surface area contributed by atoms with Crippen molar-refractivity contribution in [2.24, 2.45) is 30.0 Å². The summed E-state index contributed by atoms with van der Waals surface area (Å²) >= 11 is 0. The normalized spacial score (nSPS) is 16.5. The van der Waals surface area contributed by atoms with E-state index in [1.165, 1.54) is 0 Å². The van der Waals surface area contributed by atoms with Gasteiger partial charge in [-0.3, -0.25) is 8.47 Å². The second-order valence-electron chi connectivity index (χ2n) is 22.0. The molecular weight excluding hydrogens is 829 g/mol. The molecule has 0 saturated heterocycles. The summed E-state index contributed by atoms with van der Waals surface area (Å²) in [4.78, 5) is 33.3. The van der Waals surface area contributed by atoms with Gasteiger partial charge in [0.2, 0.25) is 0 Å². The molecule has 334 valence electrons. The quantitative estimate of drug-likeness (QED) is 0.128. The first-order valence-corrected chi connectivity index (χ1v) is 24.2. The van der Waals surface area contributed by atoms with E-state index in [1.807, 2.05) is 24.3 Å². The van der Waals surface area contributed by atoms with E-state index in [4.69, 9.17) is 38.8 Å². The summed E-state index contributed by atoms with van der Waals surface area (Å²) in [6.07, 6.45) is -0.673. The molecule has 0 fully saturated rings. The molecule has 0 N–H and O–H groups in total. The Morgan fingerprint density at radius 3 is 1.00 bits per heavy atom. The van der Waals surface area contributed by atoms with Gasteiger partial charge in [-0.05, 0) is 0 Å². The van der Waals surface area contributed by atoms with Gasteiger partial charge in [-0.25, -0.2) is 30.0 Å². The molecule has 15 heteroatoms. The third kappa shape index (κ3) is 7.94. The summed E-state index contributed by atoms with van der Waals surface area (Å²) in [5.41, 5.74) is 4.92. The summed E-state index contributed by atoms with van der Waals surface area (Å²) in [6, 6.07) is 33.3. The van der Waals surface area contributed by atoms with E-state index in [0.29, 0.717) is 90.1 Å². The van der Waals surface area contributed by atoms with Crippen LogP contribution in [0.25, 0.3) is 21.5 Å². The van der Waals surface area contributed by atoms with Crippen LogP contribution in [0.4, 0.5) is 11.6 Å². The Bertz CT molecular complexity index is 2950. The van der Waals surface area contributed by atoms with E-state index in [1.54, 1.807) is 0 Å². The van der Waals surface area contributed by atoms with Gasteiger partial charge in [0.15, 0.2) is 23.3 Å². The summed E-state index contributed by atoms with van der Waals surface area (Å²) in [5, 5.41) is 3.60. The first-order valence-electron chi connectivity index (χ1n) is 22.5. The molecule has 14 nitrogen and oxygen atoms in total. The van der Waals surface area contributed by atoms with Crippen molar-refractivity contribution in [3.8, 4) is 0 Å². The predicted octanol–water partition coefficient (Wildman–Crippen LogP) is 4.97. The minimum Gasteiger partial charge on any atom is -0.346 e. The average Bonchev–Trinajstić information content (AvgIpc) is 3.91. The number of amidine groups is 4. The maximum Gasteiger partial charge on any atom is 0.604 e. The van der Waals surface area contributed by atoms with Gasteiger partial charge in [-0.1, -0.05) is 97.1 Å². The number of rotatable bonds is 12. The van der Waals surface area contributed by atoms with E-state index >= 15 is 0 Å². The van der Waals surface area contributed by atoms with Crippen LogP contribution in [0.15, 0.2) is 127 Å². The molecule has 65 heavy (non-hydrogen) atoms. The highest BCUT2D eigenvalue weighted by molar-refractivity contribution is 6.66. The topological polar surface area (TPSA) is 102 Å². The van der Waals surface area contributed by atoms with Gasteiger partial charge < -0.3 is 26.8 Å². The zero-order valence-corrected chi connectivity index (χ0v) is 40.9. The van der Waals surface area contributed by atoms with Crippen LogP contribution in [0, 0.1) is 0 Å². The molecule has 0 saturated carbocycles. The summed E-state index contributed by atoms with van der Waals surface area (Å²) < 4.78 is 23.9. The van der Waals surface area contributed by atoms with Gasteiger partial charge in [-0.2, -0.15) is 0 Å². The molecule has 0 amide bonds. The minimum atomic E-state index is -4.45. The molecule has 6 bridgehead atoms. The number of quaternary nitrogens is 4. The van der Waals surface area contributed by atoms with E-state index in [9.17, 15) is 0 Å². The molecule has 4 aromatic carbocycles. The highest BCUT2D eigenvalue weighted by atomic mass is 28.4. The van der Waals surface area contributed by atoms with E-state index in [-0.39, 0.29) is 12.2 Å². The lowest BCUT2D eigenvalue weighted by Crippen LogP contribution is -2.69. The molecular formula is C50H62N12O2Si+4. The predicted molar refractivity (Wildman–Crippen MR) is 262 cm³/mol. The molecule has 2 aromatic heterocycles. The van der Waals surface area contributed by atoms with Gasteiger partial charge in [0, 0.05) is 43.8 Å². The maximum atomic E-state index is 8.38. The fourth-order valence-electron chi connectivity index (χ4n) is 9.82. The number of aromatic nitrogens is 2. The van der Waals surface area contributed by atoms with Crippen LogP contribution < -0.4 is 11.0 Å². The molecule has 0 aliphatic carbocycles. The zero-order valence-electron chi connectivity index (χ0n) is 39.9. The fraction of sp³-hybridized carbons (Fsp3) is 0.360. The average molecular weight is 891 g/mol. The lowest BCUT2D eigenvalue weighted by molar-refractivity contribution is -0.896. The van der Waals surface area contributed by atoms with Crippen molar-refractivity contribution in [2.45, 2.75) is 12.2 Å². The first kappa shape index (κ1) is 43.1. The van der Waals surface area contributed by atoms with Crippen molar-refractivity contribution in [3.63, 3.8) is 0 Å². The van der Waals surface area contributed by atoms with Gasteiger partial charge in [0.1, 0.15) is 61.0 Å². The Labute approximate surface area is 382 Å². The third-order valence-corrected chi connectivity index (χ3v) is 15.2. The van der Waals surface area contributed by atoms with Crippen molar-refractivity contribution in [2.75, 3.05) is 111 Å². The Morgan fingerprint density at radius 1 is 0.385 bits per heavy atom. The Hall–Kier alpha value is -5.78. The molecule has 0 atom stereocenters. The van der Waals surface area contributed by atoms with Crippen LogP contribution in [0.3, 0.4) is 0 Å². The molecule has 0 spiro atoms. The van der Waals surface area contributed by atoms with Crippen LogP contribution in [0.5, 0.6) is 0 Å². The van der Waals surface area contributed by atoms with Crippen LogP contribution in [0.2, 0.25) is 0 Å². The van der Waals surface area contributed by atoms with Crippen LogP contribution in [0.1, 0.15) is 22.3 Å². The molecule has 6 aromatic rings. The number of hydrogen-bond donors (Lipinski definition) is 0. The minimum absolute atomic E-state index is 0.336. The Kier molecular flexibility index (Phi) is 10.0. The molecule has 4 aliphatic heterocycles. The number of likely N-dealkylation sites (N-methyl/N-ethyl adjacent to an activating group) is 4. The van der Waals surface area contributed by atoms with Gasteiger partial charge in [0.25, 0.3) is 0 Å². The highest BCUT2D eigenvalue weighted by Crippen LogP contribution is 2.44. The summed E-state index contributed by atoms with van der Waals surface area (Å²) in [6.45, 7) is 2.75. The smallest absolute Gasteiger partial charge is 0.346 e. The second kappa shape index (κ2) is 15.1. The largest absolute Gasteiger partial charge is 0.604 e. The van der Waals surface area contributed by atoms with E-state index in [0.717, 1.165) is 43.8 Å². The van der Waals surface area contributed by atoms with Crippen molar-refractivity contribution in [1.82, 2.24) is 8.47 Å². The SMILES string of the molecule is C[N+](C)(C)CC(C[N+](C)(C)C)O[Si]1(OC(C[N+](C)(C)C)C[N+](C)(C)C)n2c3c4ccccc4c2N=C2N=C(N=c4c5ccccc5c(n41)=NC1=NC(=N3)c3ccccc31)c1ccccc12. The Morgan fingerprint density at radius 2 is 0.677 bits per heavy atom. The van der Waals surface area contributed by atoms with Gasteiger partial charge >= 0.3 is 8.88 Å². The van der Waals surface area contributed by atoms with Crippen molar-refractivity contribution < 1.29 is 26.8 Å². The number of fused-ring (bicyclic) bond motifs is 14. The standard InChI is InChI=1S/C50H62N12O2Si/c1-59(2,3)29-33(30-60(4,5)6)63-65(64-34(31-61(7,8)9)32-62(10,11)12)57-47-39-25-17-18-26-40(39)49(57)55-45-37-23-15-16-24-38(37)46(52-45)56-50-42-28-20-19-27-41(42)48(58(50)65)54-44-36-22-14-13-21-35(36)43(51-44)53-47/h13-28,33-34H,29-32H2,1-12H3/q+4. The Balaban J connectivity index is 1.49. The number of nitrogens with zero attached hydrogens (tertiary/aromatic N) is 12. The van der Waals surface area contributed by atoms with Crippen molar-refractivity contribution in [1.29, 1.82) is 0 Å². The lowest BCUT2D eigenvalue weighted by atomic mass is 10.1. The molecule has 4 aliphatic rings. The number of hydrogen-bond acceptors (Lipinski definition) is 8. The maximum absolute atomic E-state index is 8.38. The number of aliphatic imine (C=N–C) groups is 4. The lowest BCUT2D eigenvalue weighted by Gasteiger charge is -2.42. The van der Waals surface area contributed by atoms with Crippen molar-refractivity contribution in [3.05, 3.63) is 130 Å². The van der Waals surface area contributed by atoms with Crippen LogP contribution >= 0.6 is 0 Å².